The molecule has 0 unspecified atom stereocenters. The minimum absolute atomic E-state index is 0.0266. The van der Waals surface area contributed by atoms with Crippen LogP contribution in [0.4, 0.5) is 11.4 Å². The lowest BCUT2D eigenvalue weighted by atomic mass is 10.1. The maximum Gasteiger partial charge on any atom is 0.125 e. The van der Waals surface area contributed by atoms with Crippen LogP contribution >= 0.6 is 11.3 Å². The molecule has 4 nitrogen and oxygen atoms in total. The number of hydrogen-bond acceptors (Lipinski definition) is 4. The lowest BCUT2D eigenvalue weighted by Crippen LogP contribution is -1.94. The van der Waals surface area contributed by atoms with Crippen molar-refractivity contribution in [2.75, 3.05) is 5.32 Å². The predicted octanol–water partition coefficient (Wildman–Crippen LogP) is 5.99. The predicted molar refractivity (Wildman–Crippen MR) is 117 cm³/mol. The van der Waals surface area contributed by atoms with Crippen LogP contribution in [0.3, 0.4) is 0 Å². The fraction of sp³-hybridized carbons (Fsp3) is 0.0870. The average Bonchev–Trinajstić information content (AvgIpc) is 3.37. The summed E-state index contributed by atoms with van der Waals surface area (Å²) >= 11 is 1.65. The normalized spacial score (nSPS) is 11.4. The quantitative estimate of drug-likeness (QED) is 0.356. The summed E-state index contributed by atoms with van der Waals surface area (Å²) in [6.45, 7) is 2.16. The molecule has 0 radical (unpaired) electrons. The van der Waals surface area contributed by atoms with Crippen LogP contribution in [0.25, 0.3) is 31.6 Å². The molecule has 5 aromatic rings. The van der Waals surface area contributed by atoms with Crippen LogP contribution in [-0.2, 0) is 6.61 Å². The van der Waals surface area contributed by atoms with Gasteiger partial charge in [0.15, 0.2) is 0 Å². The van der Waals surface area contributed by atoms with Gasteiger partial charge in [-0.3, -0.25) is 0 Å². The van der Waals surface area contributed by atoms with Gasteiger partial charge in [-0.1, -0.05) is 24.3 Å². The number of aryl methyl sites for hydroxylation is 1. The summed E-state index contributed by atoms with van der Waals surface area (Å²) in [5.74, 6) is 0. The molecule has 138 valence electrons. The third-order valence-electron chi connectivity index (χ3n) is 5.16. The smallest absolute Gasteiger partial charge is 0.125 e. The lowest BCUT2D eigenvalue weighted by molar-refractivity contribution is 0.282. The molecule has 0 atom stereocenters. The number of benzene rings is 2. The van der Waals surface area contributed by atoms with Crippen molar-refractivity contribution in [1.29, 1.82) is 0 Å². The number of aliphatic hydroxyl groups is 1. The summed E-state index contributed by atoms with van der Waals surface area (Å²) in [5.41, 5.74) is 6.46. The van der Waals surface area contributed by atoms with E-state index in [4.69, 9.17) is 0 Å². The van der Waals surface area contributed by atoms with Crippen LogP contribution in [0.5, 0.6) is 0 Å². The molecule has 0 bridgehead atoms. The number of nitrogens with zero attached hydrogens (tertiary/aromatic N) is 1. The van der Waals surface area contributed by atoms with E-state index in [1.165, 1.54) is 10.9 Å². The molecule has 5 heteroatoms. The van der Waals surface area contributed by atoms with Gasteiger partial charge < -0.3 is 15.4 Å². The van der Waals surface area contributed by atoms with Gasteiger partial charge in [0.2, 0.25) is 0 Å². The van der Waals surface area contributed by atoms with Gasteiger partial charge in [0.05, 0.1) is 12.3 Å². The van der Waals surface area contributed by atoms with Crippen molar-refractivity contribution in [3.8, 4) is 10.4 Å². The number of nitrogens with one attached hydrogen (secondary N) is 2. The molecular formula is C23H19N3OS. The Morgan fingerprint density at radius 3 is 2.82 bits per heavy atom. The molecule has 0 aliphatic heterocycles. The molecule has 0 aliphatic rings. The molecule has 0 fully saturated rings. The Balaban J connectivity index is 1.60. The van der Waals surface area contributed by atoms with E-state index in [1.54, 1.807) is 11.3 Å². The van der Waals surface area contributed by atoms with E-state index in [2.05, 4.69) is 46.5 Å². The van der Waals surface area contributed by atoms with Gasteiger partial charge in [-0.2, -0.15) is 0 Å². The third-order valence-corrected chi connectivity index (χ3v) is 6.24. The number of hydrogen-bond donors (Lipinski definition) is 3. The Kier molecular flexibility index (Phi) is 4.11. The Bertz CT molecular complexity index is 1300. The third kappa shape index (κ3) is 2.76. The highest BCUT2D eigenvalue weighted by molar-refractivity contribution is 7.22. The van der Waals surface area contributed by atoms with Crippen molar-refractivity contribution in [2.45, 2.75) is 13.5 Å². The average molecular weight is 385 g/mol. The molecule has 3 aromatic heterocycles. The number of thiophene rings is 1. The van der Waals surface area contributed by atoms with Gasteiger partial charge in [-0.15, -0.1) is 11.3 Å². The van der Waals surface area contributed by atoms with Crippen LogP contribution in [0, 0.1) is 6.92 Å². The number of aliphatic hydroxyl groups excluding tert-OH is 1. The summed E-state index contributed by atoms with van der Waals surface area (Å²) in [6, 6.07) is 18.4. The maximum absolute atomic E-state index is 9.68. The SMILES string of the molecule is Cc1c(Nc2ccnc3sc(-c4ccccc4CO)cc23)ccc2[nH]ccc12. The highest BCUT2D eigenvalue weighted by Gasteiger charge is 2.13. The minimum atomic E-state index is 0.0266. The van der Waals surface area contributed by atoms with E-state index < -0.39 is 0 Å². The highest BCUT2D eigenvalue weighted by atomic mass is 32.1. The number of rotatable bonds is 4. The Hall–Kier alpha value is -3.15. The van der Waals surface area contributed by atoms with Gasteiger partial charge in [0.25, 0.3) is 0 Å². The minimum Gasteiger partial charge on any atom is -0.392 e. The number of aromatic nitrogens is 2. The fourth-order valence-corrected chi connectivity index (χ4v) is 4.73. The number of H-pyrrole nitrogens is 1. The topological polar surface area (TPSA) is 60.9 Å². The Labute approximate surface area is 166 Å². The second-order valence-electron chi connectivity index (χ2n) is 6.81. The summed E-state index contributed by atoms with van der Waals surface area (Å²) in [5, 5.41) is 15.6. The molecule has 28 heavy (non-hydrogen) atoms. The second-order valence-corrected chi connectivity index (χ2v) is 7.84. The number of fused-ring (bicyclic) bond motifs is 2. The molecule has 0 spiro atoms. The van der Waals surface area contributed by atoms with E-state index in [1.807, 2.05) is 42.7 Å². The van der Waals surface area contributed by atoms with Crippen molar-refractivity contribution < 1.29 is 5.11 Å². The molecule has 3 heterocycles. The first-order valence-electron chi connectivity index (χ1n) is 9.16. The van der Waals surface area contributed by atoms with Crippen LogP contribution in [0.2, 0.25) is 0 Å². The Morgan fingerprint density at radius 2 is 1.93 bits per heavy atom. The van der Waals surface area contributed by atoms with E-state index >= 15 is 0 Å². The first-order chi connectivity index (χ1) is 13.7. The molecule has 0 aliphatic carbocycles. The summed E-state index contributed by atoms with van der Waals surface area (Å²) in [7, 11) is 0. The van der Waals surface area contributed by atoms with Crippen molar-refractivity contribution in [1.82, 2.24) is 9.97 Å². The zero-order valence-electron chi connectivity index (χ0n) is 15.4. The summed E-state index contributed by atoms with van der Waals surface area (Å²) in [6.07, 6.45) is 3.81. The monoisotopic (exact) mass is 385 g/mol. The zero-order chi connectivity index (χ0) is 19.1. The highest BCUT2D eigenvalue weighted by Crippen LogP contribution is 2.38. The second kappa shape index (κ2) is 6.78. The Morgan fingerprint density at radius 1 is 1.04 bits per heavy atom. The molecule has 5 rings (SSSR count). The van der Waals surface area contributed by atoms with Gasteiger partial charge in [0.1, 0.15) is 4.83 Å². The molecule has 0 amide bonds. The number of aromatic amines is 1. The van der Waals surface area contributed by atoms with Gasteiger partial charge in [0, 0.05) is 39.2 Å². The van der Waals surface area contributed by atoms with Gasteiger partial charge >= 0.3 is 0 Å². The lowest BCUT2D eigenvalue weighted by Gasteiger charge is -2.11. The van der Waals surface area contributed by atoms with Gasteiger partial charge in [-0.25, -0.2) is 4.98 Å². The molecule has 2 aromatic carbocycles. The number of anilines is 2. The van der Waals surface area contributed by atoms with Crippen molar-refractivity contribution in [2.24, 2.45) is 0 Å². The van der Waals surface area contributed by atoms with Crippen molar-refractivity contribution in [3.05, 3.63) is 78.1 Å². The van der Waals surface area contributed by atoms with E-state index in [-0.39, 0.29) is 6.61 Å². The first-order valence-corrected chi connectivity index (χ1v) is 9.97. The summed E-state index contributed by atoms with van der Waals surface area (Å²) < 4.78 is 0. The fourth-order valence-electron chi connectivity index (χ4n) is 3.64. The summed E-state index contributed by atoms with van der Waals surface area (Å²) in [4.78, 5) is 9.91. The number of pyridine rings is 1. The van der Waals surface area contributed by atoms with E-state index in [0.717, 1.165) is 43.1 Å². The van der Waals surface area contributed by atoms with Gasteiger partial charge in [-0.05, 0) is 53.9 Å². The maximum atomic E-state index is 9.68. The van der Waals surface area contributed by atoms with E-state index in [9.17, 15) is 5.11 Å². The largest absolute Gasteiger partial charge is 0.392 e. The molecular weight excluding hydrogens is 366 g/mol. The van der Waals surface area contributed by atoms with Crippen LogP contribution < -0.4 is 5.32 Å². The zero-order valence-corrected chi connectivity index (χ0v) is 16.2. The van der Waals surface area contributed by atoms with Crippen LogP contribution in [0.15, 0.2) is 67.0 Å². The molecule has 3 N–H and O–H groups in total. The standard InChI is InChI=1S/C23H19N3OS/c1-14-16-8-10-24-20(16)7-6-19(14)26-21-9-11-25-23-18(21)12-22(28-23)17-5-3-2-4-15(17)13-27/h2-12,24,27H,13H2,1H3,(H,25,26). The van der Waals surface area contributed by atoms with Crippen LogP contribution in [-0.4, -0.2) is 15.1 Å². The molecule has 0 saturated carbocycles. The van der Waals surface area contributed by atoms with Crippen molar-refractivity contribution >= 4 is 43.8 Å². The molecule has 0 saturated heterocycles. The first kappa shape index (κ1) is 17.0. The van der Waals surface area contributed by atoms with Crippen molar-refractivity contribution in [3.63, 3.8) is 0 Å². The van der Waals surface area contributed by atoms with Crippen LogP contribution in [0.1, 0.15) is 11.1 Å². The van der Waals surface area contributed by atoms with E-state index in [0.29, 0.717) is 0 Å².